The van der Waals surface area contributed by atoms with Gasteiger partial charge in [0.15, 0.2) is 4.67 Å². The lowest BCUT2D eigenvalue weighted by molar-refractivity contribution is 0.348. The van der Waals surface area contributed by atoms with Crippen LogP contribution in [0.1, 0.15) is 26.0 Å². The van der Waals surface area contributed by atoms with Crippen molar-refractivity contribution in [3.8, 4) is 0 Å². The lowest BCUT2D eigenvalue weighted by Gasteiger charge is -2.23. The molecule has 0 aliphatic heterocycles. The molecule has 1 unspecified atom stereocenters. The van der Waals surface area contributed by atoms with Crippen LogP contribution in [-0.4, -0.2) is 6.54 Å². The maximum Gasteiger partial charge on any atom is 0.169 e. The van der Waals surface area contributed by atoms with E-state index in [2.05, 4.69) is 29.8 Å². The molecule has 0 aliphatic carbocycles. The molecule has 0 saturated heterocycles. The van der Waals surface area contributed by atoms with Crippen molar-refractivity contribution >= 4 is 15.9 Å². The molecule has 0 amide bonds. The summed E-state index contributed by atoms with van der Waals surface area (Å²) in [4.78, 5) is 0. The van der Waals surface area contributed by atoms with Crippen LogP contribution in [0.3, 0.4) is 0 Å². The van der Waals surface area contributed by atoms with Crippen LogP contribution < -0.4 is 5.73 Å². The van der Waals surface area contributed by atoms with Gasteiger partial charge in [-0.2, -0.15) is 0 Å². The van der Waals surface area contributed by atoms with Crippen molar-refractivity contribution in [3.63, 3.8) is 0 Å². The zero-order valence-electron chi connectivity index (χ0n) is 7.43. The quantitative estimate of drug-likeness (QED) is 0.870. The van der Waals surface area contributed by atoms with Crippen molar-refractivity contribution in [1.82, 2.24) is 0 Å². The van der Waals surface area contributed by atoms with E-state index in [1.165, 1.54) is 0 Å². The standard InChI is InChI=1S/C9H14BrNO/c1-3-9(2,6-11)7-4-5-8(10)12-7/h4-5H,3,6,11H2,1-2H3. The summed E-state index contributed by atoms with van der Waals surface area (Å²) in [7, 11) is 0. The Kier molecular flexibility index (Phi) is 2.96. The van der Waals surface area contributed by atoms with Gasteiger partial charge in [-0.3, -0.25) is 0 Å². The van der Waals surface area contributed by atoms with Crippen LogP contribution in [0.5, 0.6) is 0 Å². The fraction of sp³-hybridized carbons (Fsp3) is 0.556. The molecule has 2 nitrogen and oxygen atoms in total. The maximum absolute atomic E-state index is 5.68. The van der Waals surface area contributed by atoms with E-state index in [0.717, 1.165) is 16.9 Å². The third kappa shape index (κ3) is 1.72. The normalized spacial score (nSPS) is 16.0. The Bertz CT molecular complexity index is 253. The van der Waals surface area contributed by atoms with Crippen LogP contribution in [0.4, 0.5) is 0 Å². The van der Waals surface area contributed by atoms with E-state index in [4.69, 9.17) is 10.2 Å². The SMILES string of the molecule is CCC(C)(CN)c1ccc(Br)o1. The summed E-state index contributed by atoms with van der Waals surface area (Å²) in [5.41, 5.74) is 5.66. The number of hydrogen-bond donors (Lipinski definition) is 1. The molecule has 3 heteroatoms. The Hall–Kier alpha value is -0.280. The average Bonchev–Trinajstić information content (AvgIpc) is 2.51. The summed E-state index contributed by atoms with van der Waals surface area (Å²) in [6, 6.07) is 3.87. The summed E-state index contributed by atoms with van der Waals surface area (Å²) in [6.45, 7) is 4.84. The average molecular weight is 232 g/mol. The molecule has 0 radical (unpaired) electrons. The number of halogens is 1. The van der Waals surface area contributed by atoms with Crippen molar-refractivity contribution in [2.75, 3.05) is 6.54 Å². The second-order valence-corrected chi connectivity index (χ2v) is 4.00. The van der Waals surface area contributed by atoms with Crippen LogP contribution >= 0.6 is 15.9 Å². The highest BCUT2D eigenvalue weighted by molar-refractivity contribution is 9.10. The summed E-state index contributed by atoms with van der Waals surface area (Å²) >= 11 is 3.28. The van der Waals surface area contributed by atoms with Gasteiger partial charge in [0.2, 0.25) is 0 Å². The van der Waals surface area contributed by atoms with Gasteiger partial charge >= 0.3 is 0 Å². The zero-order valence-corrected chi connectivity index (χ0v) is 9.02. The highest BCUT2D eigenvalue weighted by atomic mass is 79.9. The Morgan fingerprint density at radius 2 is 2.25 bits per heavy atom. The van der Waals surface area contributed by atoms with Crippen LogP contribution in [-0.2, 0) is 5.41 Å². The van der Waals surface area contributed by atoms with E-state index < -0.39 is 0 Å². The van der Waals surface area contributed by atoms with Crippen molar-refractivity contribution < 1.29 is 4.42 Å². The van der Waals surface area contributed by atoms with Gasteiger partial charge in [-0.05, 0) is 34.5 Å². The number of nitrogens with two attached hydrogens (primary N) is 1. The zero-order chi connectivity index (χ0) is 9.19. The lowest BCUT2D eigenvalue weighted by Crippen LogP contribution is -2.30. The van der Waals surface area contributed by atoms with Gasteiger partial charge in [-0.25, -0.2) is 0 Å². The van der Waals surface area contributed by atoms with E-state index in [1.54, 1.807) is 0 Å². The number of hydrogen-bond acceptors (Lipinski definition) is 2. The van der Waals surface area contributed by atoms with E-state index in [0.29, 0.717) is 6.54 Å². The maximum atomic E-state index is 5.68. The summed E-state index contributed by atoms with van der Waals surface area (Å²) in [6.07, 6.45) is 0.990. The molecule has 68 valence electrons. The minimum Gasteiger partial charge on any atom is -0.454 e. The van der Waals surface area contributed by atoms with Crippen molar-refractivity contribution in [3.05, 3.63) is 22.6 Å². The van der Waals surface area contributed by atoms with E-state index in [9.17, 15) is 0 Å². The molecule has 0 bridgehead atoms. The molecule has 1 heterocycles. The summed E-state index contributed by atoms with van der Waals surface area (Å²) in [5, 5.41) is 0. The predicted molar refractivity (Wildman–Crippen MR) is 53.1 cm³/mol. The van der Waals surface area contributed by atoms with E-state index in [-0.39, 0.29) is 5.41 Å². The molecule has 12 heavy (non-hydrogen) atoms. The van der Waals surface area contributed by atoms with Crippen molar-refractivity contribution in [2.45, 2.75) is 25.7 Å². The highest BCUT2D eigenvalue weighted by Crippen LogP contribution is 2.29. The minimum atomic E-state index is -0.0218. The lowest BCUT2D eigenvalue weighted by atomic mass is 9.85. The smallest absolute Gasteiger partial charge is 0.169 e. The van der Waals surface area contributed by atoms with Gasteiger partial charge in [0, 0.05) is 12.0 Å². The fourth-order valence-electron chi connectivity index (χ4n) is 1.06. The molecule has 0 saturated carbocycles. The topological polar surface area (TPSA) is 39.2 Å². The van der Waals surface area contributed by atoms with Crippen LogP contribution in [0.15, 0.2) is 21.2 Å². The van der Waals surface area contributed by atoms with Crippen LogP contribution in [0.25, 0.3) is 0 Å². The minimum absolute atomic E-state index is 0.0218. The molecular formula is C9H14BrNO. The Balaban J connectivity index is 2.94. The van der Waals surface area contributed by atoms with Crippen LogP contribution in [0, 0.1) is 0 Å². The molecular weight excluding hydrogens is 218 g/mol. The Morgan fingerprint density at radius 3 is 2.58 bits per heavy atom. The van der Waals surface area contributed by atoms with Gasteiger partial charge < -0.3 is 10.2 Å². The second-order valence-electron chi connectivity index (χ2n) is 3.22. The van der Waals surface area contributed by atoms with E-state index in [1.807, 2.05) is 12.1 Å². The molecule has 0 aliphatic rings. The molecule has 2 N–H and O–H groups in total. The first-order valence-electron chi connectivity index (χ1n) is 4.08. The van der Waals surface area contributed by atoms with Gasteiger partial charge in [0.1, 0.15) is 5.76 Å². The molecule has 1 rings (SSSR count). The van der Waals surface area contributed by atoms with Gasteiger partial charge in [0.05, 0.1) is 0 Å². The first kappa shape index (κ1) is 9.81. The third-order valence-electron chi connectivity index (χ3n) is 2.40. The molecule has 0 aromatic carbocycles. The molecule has 1 aromatic heterocycles. The fourth-order valence-corrected chi connectivity index (χ4v) is 1.36. The Morgan fingerprint density at radius 1 is 1.58 bits per heavy atom. The first-order chi connectivity index (χ1) is 5.62. The predicted octanol–water partition coefficient (Wildman–Crippen LogP) is 2.67. The summed E-state index contributed by atoms with van der Waals surface area (Å²) < 4.78 is 6.24. The van der Waals surface area contributed by atoms with Crippen molar-refractivity contribution in [2.24, 2.45) is 5.73 Å². The number of rotatable bonds is 3. The monoisotopic (exact) mass is 231 g/mol. The van der Waals surface area contributed by atoms with Crippen LogP contribution in [0.2, 0.25) is 0 Å². The largest absolute Gasteiger partial charge is 0.454 e. The second kappa shape index (κ2) is 3.62. The van der Waals surface area contributed by atoms with Gasteiger partial charge in [-0.15, -0.1) is 0 Å². The molecule has 1 aromatic rings. The summed E-state index contributed by atoms with van der Waals surface area (Å²) in [5.74, 6) is 0.958. The highest BCUT2D eigenvalue weighted by Gasteiger charge is 2.26. The van der Waals surface area contributed by atoms with Gasteiger partial charge in [-0.1, -0.05) is 13.8 Å². The van der Waals surface area contributed by atoms with Gasteiger partial charge in [0.25, 0.3) is 0 Å². The number of furan rings is 1. The third-order valence-corrected chi connectivity index (χ3v) is 2.83. The van der Waals surface area contributed by atoms with Crippen molar-refractivity contribution in [1.29, 1.82) is 0 Å². The molecule has 0 fully saturated rings. The van der Waals surface area contributed by atoms with E-state index >= 15 is 0 Å². The Labute approximate surface area is 81.3 Å². The molecule has 0 spiro atoms. The molecule has 1 atom stereocenters. The first-order valence-corrected chi connectivity index (χ1v) is 4.87.